The molecule has 2 rings (SSSR count). The van der Waals surface area contributed by atoms with Crippen LogP contribution in [0.25, 0.3) is 11.1 Å². The van der Waals surface area contributed by atoms with E-state index < -0.39 is 0 Å². The number of ketones is 1. The van der Waals surface area contributed by atoms with Gasteiger partial charge in [0.1, 0.15) is 11.5 Å². The third-order valence-corrected chi connectivity index (χ3v) is 2.85. The maximum absolute atomic E-state index is 11.3. The molecule has 0 aliphatic carbocycles. The summed E-state index contributed by atoms with van der Waals surface area (Å²) in [5.74, 6) is 0.992. The molecule has 0 amide bonds. The van der Waals surface area contributed by atoms with E-state index in [4.69, 9.17) is 4.74 Å². The molecular weight excluding hydrogens is 224 g/mol. The number of methoxy groups -OCH3 is 1. The number of rotatable bonds is 4. The van der Waals surface area contributed by atoms with Crippen molar-refractivity contribution in [3.63, 3.8) is 0 Å². The number of hydrogen-bond donors (Lipinski definition) is 0. The highest BCUT2D eigenvalue weighted by molar-refractivity contribution is 5.82. The first-order valence-electron chi connectivity index (χ1n) is 5.93. The van der Waals surface area contributed by atoms with Gasteiger partial charge in [-0.15, -0.1) is 0 Å². The van der Waals surface area contributed by atoms with Gasteiger partial charge in [-0.05, 0) is 24.1 Å². The van der Waals surface area contributed by atoms with Crippen LogP contribution in [0.2, 0.25) is 0 Å². The van der Waals surface area contributed by atoms with Crippen LogP contribution < -0.4 is 4.74 Å². The van der Waals surface area contributed by atoms with E-state index >= 15 is 0 Å². The first-order chi connectivity index (χ1) is 8.72. The Labute approximate surface area is 107 Å². The lowest BCUT2D eigenvalue weighted by Crippen LogP contribution is -1.99. The van der Waals surface area contributed by atoms with Gasteiger partial charge in [0.05, 0.1) is 7.11 Å². The number of para-hydroxylation sites is 1. The van der Waals surface area contributed by atoms with Crippen LogP contribution in [-0.2, 0) is 11.2 Å². The summed E-state index contributed by atoms with van der Waals surface area (Å²) < 4.78 is 5.37. The Morgan fingerprint density at radius 3 is 2.28 bits per heavy atom. The summed E-state index contributed by atoms with van der Waals surface area (Å²) in [6.07, 6.45) is 0.453. The molecule has 0 N–H and O–H groups in total. The van der Waals surface area contributed by atoms with Crippen molar-refractivity contribution in [1.29, 1.82) is 0 Å². The lowest BCUT2D eigenvalue weighted by Gasteiger charge is -2.12. The van der Waals surface area contributed by atoms with E-state index in [0.29, 0.717) is 6.42 Å². The molecule has 0 saturated heterocycles. The maximum Gasteiger partial charge on any atom is 0.134 e. The molecule has 0 aliphatic rings. The molecular formula is C16H16O2. The van der Waals surface area contributed by atoms with Gasteiger partial charge in [0.25, 0.3) is 0 Å². The Kier molecular flexibility index (Phi) is 3.78. The minimum absolute atomic E-state index is 0.164. The third kappa shape index (κ3) is 2.59. The molecule has 0 unspecified atom stereocenters. The summed E-state index contributed by atoms with van der Waals surface area (Å²) in [7, 11) is 1.66. The van der Waals surface area contributed by atoms with E-state index in [9.17, 15) is 4.79 Å². The predicted octanol–water partition coefficient (Wildman–Crippen LogP) is 3.49. The summed E-state index contributed by atoms with van der Waals surface area (Å²) in [5.41, 5.74) is 3.12. The standard InChI is InChI=1S/C16H16O2/c1-12(17)11-13-7-3-4-8-14(13)15-9-5-6-10-16(15)18-2/h3-10H,11H2,1-2H3. The average molecular weight is 240 g/mol. The third-order valence-electron chi connectivity index (χ3n) is 2.85. The van der Waals surface area contributed by atoms with Crippen LogP contribution in [-0.4, -0.2) is 12.9 Å². The second-order valence-electron chi connectivity index (χ2n) is 4.24. The topological polar surface area (TPSA) is 26.3 Å². The van der Waals surface area contributed by atoms with Crippen molar-refractivity contribution in [2.45, 2.75) is 13.3 Å². The molecule has 0 saturated carbocycles. The maximum atomic E-state index is 11.3. The van der Waals surface area contributed by atoms with Crippen LogP contribution in [0.15, 0.2) is 48.5 Å². The predicted molar refractivity (Wildman–Crippen MR) is 72.8 cm³/mol. The van der Waals surface area contributed by atoms with Gasteiger partial charge in [0.15, 0.2) is 0 Å². The van der Waals surface area contributed by atoms with E-state index in [1.807, 2.05) is 48.5 Å². The first-order valence-corrected chi connectivity index (χ1v) is 5.93. The van der Waals surface area contributed by atoms with Crippen molar-refractivity contribution in [2.24, 2.45) is 0 Å². The summed E-state index contributed by atoms with van der Waals surface area (Å²) >= 11 is 0. The summed E-state index contributed by atoms with van der Waals surface area (Å²) in [6, 6.07) is 15.8. The van der Waals surface area contributed by atoms with Crippen LogP contribution in [0.3, 0.4) is 0 Å². The van der Waals surface area contributed by atoms with Crippen LogP contribution in [0.4, 0.5) is 0 Å². The molecule has 0 spiro atoms. The Hall–Kier alpha value is -2.09. The molecule has 0 aliphatic heterocycles. The van der Waals surface area contributed by atoms with E-state index in [1.165, 1.54) is 0 Å². The van der Waals surface area contributed by atoms with E-state index in [0.717, 1.165) is 22.4 Å². The molecule has 92 valence electrons. The molecule has 0 atom stereocenters. The van der Waals surface area contributed by atoms with Gasteiger partial charge >= 0.3 is 0 Å². The molecule has 2 heteroatoms. The van der Waals surface area contributed by atoms with Gasteiger partial charge in [-0.1, -0.05) is 42.5 Å². The summed E-state index contributed by atoms with van der Waals surface area (Å²) in [6.45, 7) is 1.61. The molecule has 0 bridgehead atoms. The number of ether oxygens (including phenoxy) is 1. The minimum atomic E-state index is 0.164. The van der Waals surface area contributed by atoms with E-state index in [1.54, 1.807) is 14.0 Å². The van der Waals surface area contributed by atoms with Crippen LogP contribution in [0.1, 0.15) is 12.5 Å². The van der Waals surface area contributed by atoms with Gasteiger partial charge in [0.2, 0.25) is 0 Å². The molecule has 0 heterocycles. The first kappa shape index (κ1) is 12.4. The molecule has 0 fully saturated rings. The fourth-order valence-electron chi connectivity index (χ4n) is 2.07. The van der Waals surface area contributed by atoms with Crippen molar-refractivity contribution in [3.05, 3.63) is 54.1 Å². The number of benzene rings is 2. The summed E-state index contributed by atoms with van der Waals surface area (Å²) in [5, 5.41) is 0. The number of carbonyl (C=O) groups is 1. The van der Waals surface area contributed by atoms with Crippen molar-refractivity contribution < 1.29 is 9.53 Å². The average Bonchev–Trinajstić information content (AvgIpc) is 2.39. The fraction of sp³-hybridized carbons (Fsp3) is 0.188. The van der Waals surface area contributed by atoms with Crippen LogP contribution >= 0.6 is 0 Å². The molecule has 18 heavy (non-hydrogen) atoms. The Morgan fingerprint density at radius 1 is 1.00 bits per heavy atom. The molecule has 2 aromatic rings. The largest absolute Gasteiger partial charge is 0.496 e. The number of hydrogen-bond acceptors (Lipinski definition) is 2. The zero-order valence-electron chi connectivity index (χ0n) is 10.6. The van der Waals surface area contributed by atoms with Gasteiger partial charge in [-0.2, -0.15) is 0 Å². The zero-order chi connectivity index (χ0) is 13.0. The van der Waals surface area contributed by atoms with Gasteiger partial charge in [-0.25, -0.2) is 0 Å². The highest BCUT2D eigenvalue weighted by atomic mass is 16.5. The normalized spacial score (nSPS) is 10.1. The van der Waals surface area contributed by atoms with Crippen molar-refractivity contribution in [1.82, 2.24) is 0 Å². The second kappa shape index (κ2) is 5.50. The van der Waals surface area contributed by atoms with Gasteiger partial charge in [0, 0.05) is 12.0 Å². The van der Waals surface area contributed by atoms with Gasteiger partial charge < -0.3 is 4.74 Å². The van der Waals surface area contributed by atoms with Crippen molar-refractivity contribution in [2.75, 3.05) is 7.11 Å². The Balaban J connectivity index is 2.53. The second-order valence-corrected chi connectivity index (χ2v) is 4.24. The molecule has 0 aromatic heterocycles. The SMILES string of the molecule is COc1ccccc1-c1ccccc1CC(C)=O. The molecule has 2 nitrogen and oxygen atoms in total. The van der Waals surface area contributed by atoms with E-state index in [2.05, 4.69) is 0 Å². The Morgan fingerprint density at radius 2 is 1.61 bits per heavy atom. The van der Waals surface area contributed by atoms with Crippen LogP contribution in [0.5, 0.6) is 5.75 Å². The highest BCUT2D eigenvalue weighted by Crippen LogP contribution is 2.32. The van der Waals surface area contributed by atoms with E-state index in [-0.39, 0.29) is 5.78 Å². The molecule has 2 aromatic carbocycles. The lowest BCUT2D eigenvalue weighted by molar-refractivity contribution is -0.116. The smallest absolute Gasteiger partial charge is 0.134 e. The van der Waals surface area contributed by atoms with Crippen molar-refractivity contribution in [3.8, 4) is 16.9 Å². The van der Waals surface area contributed by atoms with Crippen molar-refractivity contribution >= 4 is 5.78 Å². The van der Waals surface area contributed by atoms with Gasteiger partial charge in [-0.3, -0.25) is 4.79 Å². The fourth-order valence-corrected chi connectivity index (χ4v) is 2.07. The molecule has 0 radical (unpaired) electrons. The monoisotopic (exact) mass is 240 g/mol. The zero-order valence-corrected chi connectivity index (χ0v) is 10.6. The highest BCUT2D eigenvalue weighted by Gasteiger charge is 2.10. The lowest BCUT2D eigenvalue weighted by atomic mass is 9.96. The minimum Gasteiger partial charge on any atom is -0.496 e. The number of carbonyl (C=O) groups excluding carboxylic acids is 1. The Bertz CT molecular complexity index is 559. The quantitative estimate of drug-likeness (QED) is 0.817. The number of Topliss-reactive ketones (excluding diaryl/α,β-unsaturated/α-hetero) is 1. The van der Waals surface area contributed by atoms with Crippen LogP contribution in [0, 0.1) is 0 Å². The summed E-state index contributed by atoms with van der Waals surface area (Å²) in [4.78, 5) is 11.3.